The Morgan fingerprint density at radius 2 is 2.25 bits per heavy atom. The summed E-state index contributed by atoms with van der Waals surface area (Å²) >= 11 is 0. The van der Waals surface area contributed by atoms with Crippen molar-refractivity contribution >= 4 is 5.84 Å². The standard InChI is InChI=1S/C14H14FN3O2/c1-9-3-2-4-12(13(9)15)20-8-10-5-6-17-11(7-10)14(16)18-19/h2-7,19H,8H2,1H3,(H2,16,18). The topological polar surface area (TPSA) is 80.7 Å². The van der Waals surface area contributed by atoms with E-state index in [4.69, 9.17) is 15.7 Å². The summed E-state index contributed by atoms with van der Waals surface area (Å²) < 4.78 is 19.2. The third-order valence-electron chi connectivity index (χ3n) is 2.75. The number of hydrogen-bond acceptors (Lipinski definition) is 4. The molecule has 20 heavy (non-hydrogen) atoms. The van der Waals surface area contributed by atoms with Gasteiger partial charge in [-0.15, -0.1) is 0 Å². The molecule has 0 saturated carbocycles. The van der Waals surface area contributed by atoms with Crippen LogP contribution in [0.25, 0.3) is 0 Å². The molecule has 1 aromatic heterocycles. The zero-order chi connectivity index (χ0) is 14.5. The normalized spacial score (nSPS) is 11.4. The highest BCUT2D eigenvalue weighted by molar-refractivity contribution is 5.95. The molecule has 0 aliphatic rings. The third-order valence-corrected chi connectivity index (χ3v) is 2.75. The summed E-state index contributed by atoms with van der Waals surface area (Å²) in [5.41, 5.74) is 7.04. The molecule has 5 nitrogen and oxygen atoms in total. The van der Waals surface area contributed by atoms with Crippen LogP contribution in [0.5, 0.6) is 5.75 Å². The molecule has 0 aliphatic heterocycles. The van der Waals surface area contributed by atoms with Crippen LogP contribution < -0.4 is 10.5 Å². The largest absolute Gasteiger partial charge is 0.486 e. The monoisotopic (exact) mass is 275 g/mol. The van der Waals surface area contributed by atoms with Gasteiger partial charge in [0.05, 0.1) is 0 Å². The molecule has 0 amide bonds. The molecule has 0 unspecified atom stereocenters. The van der Waals surface area contributed by atoms with Gasteiger partial charge in [0, 0.05) is 6.20 Å². The van der Waals surface area contributed by atoms with Gasteiger partial charge in [-0.1, -0.05) is 17.3 Å². The third kappa shape index (κ3) is 3.03. The number of aryl methyl sites for hydroxylation is 1. The van der Waals surface area contributed by atoms with E-state index in [2.05, 4.69) is 10.1 Å². The predicted molar refractivity (Wildman–Crippen MR) is 72.2 cm³/mol. The molecule has 0 saturated heterocycles. The summed E-state index contributed by atoms with van der Waals surface area (Å²) in [6.45, 7) is 1.83. The van der Waals surface area contributed by atoms with E-state index >= 15 is 0 Å². The van der Waals surface area contributed by atoms with Crippen molar-refractivity contribution in [2.45, 2.75) is 13.5 Å². The van der Waals surface area contributed by atoms with Gasteiger partial charge >= 0.3 is 0 Å². The number of oxime groups is 1. The fraction of sp³-hybridized carbons (Fsp3) is 0.143. The molecular formula is C14H14FN3O2. The van der Waals surface area contributed by atoms with Crippen LogP contribution in [-0.4, -0.2) is 16.0 Å². The van der Waals surface area contributed by atoms with E-state index in [-0.39, 0.29) is 24.0 Å². The number of hydrogen-bond donors (Lipinski definition) is 2. The number of nitrogens with two attached hydrogens (primary N) is 1. The average molecular weight is 275 g/mol. The van der Waals surface area contributed by atoms with Crippen LogP contribution in [0.15, 0.2) is 41.7 Å². The predicted octanol–water partition coefficient (Wildman–Crippen LogP) is 2.20. The van der Waals surface area contributed by atoms with Crippen molar-refractivity contribution in [3.05, 3.63) is 59.2 Å². The summed E-state index contributed by atoms with van der Waals surface area (Å²) in [5, 5.41) is 11.5. The number of aromatic nitrogens is 1. The molecule has 2 aromatic rings. The summed E-state index contributed by atoms with van der Waals surface area (Å²) in [4.78, 5) is 3.95. The zero-order valence-electron chi connectivity index (χ0n) is 10.9. The molecule has 0 aliphatic carbocycles. The van der Waals surface area contributed by atoms with Crippen LogP contribution in [0.1, 0.15) is 16.8 Å². The van der Waals surface area contributed by atoms with Gasteiger partial charge in [0.1, 0.15) is 12.3 Å². The molecule has 0 fully saturated rings. The molecule has 0 bridgehead atoms. The number of nitrogens with zero attached hydrogens (tertiary/aromatic N) is 2. The van der Waals surface area contributed by atoms with E-state index in [9.17, 15) is 4.39 Å². The van der Waals surface area contributed by atoms with Crippen LogP contribution in [0.4, 0.5) is 4.39 Å². The minimum Gasteiger partial charge on any atom is -0.486 e. The maximum atomic E-state index is 13.8. The second-order valence-corrected chi connectivity index (χ2v) is 4.21. The Bertz CT molecular complexity index is 644. The minimum atomic E-state index is -0.377. The minimum absolute atomic E-state index is 0.0893. The highest BCUT2D eigenvalue weighted by Gasteiger charge is 2.07. The number of rotatable bonds is 4. The first kappa shape index (κ1) is 13.8. The van der Waals surface area contributed by atoms with Gasteiger partial charge < -0.3 is 15.7 Å². The van der Waals surface area contributed by atoms with Crippen LogP contribution in [-0.2, 0) is 6.61 Å². The summed E-state index contributed by atoms with van der Waals surface area (Å²) in [6, 6.07) is 8.28. The van der Waals surface area contributed by atoms with E-state index in [0.717, 1.165) is 5.56 Å². The van der Waals surface area contributed by atoms with E-state index in [1.807, 2.05) is 0 Å². The van der Waals surface area contributed by atoms with Gasteiger partial charge in [0.15, 0.2) is 17.4 Å². The zero-order valence-corrected chi connectivity index (χ0v) is 10.9. The van der Waals surface area contributed by atoms with Gasteiger partial charge in [-0.05, 0) is 36.2 Å². The first-order chi connectivity index (χ1) is 9.61. The molecule has 6 heteroatoms. The van der Waals surface area contributed by atoms with Crippen molar-refractivity contribution in [2.24, 2.45) is 10.9 Å². The quantitative estimate of drug-likeness (QED) is 0.388. The van der Waals surface area contributed by atoms with Crippen LogP contribution in [0.2, 0.25) is 0 Å². The van der Waals surface area contributed by atoms with E-state index in [1.165, 1.54) is 6.20 Å². The van der Waals surface area contributed by atoms with Gasteiger partial charge in [-0.2, -0.15) is 0 Å². The van der Waals surface area contributed by atoms with Crippen LogP contribution >= 0.6 is 0 Å². The van der Waals surface area contributed by atoms with Crippen LogP contribution in [0.3, 0.4) is 0 Å². The van der Waals surface area contributed by atoms with Gasteiger partial charge in [0.2, 0.25) is 0 Å². The highest BCUT2D eigenvalue weighted by Crippen LogP contribution is 2.20. The maximum Gasteiger partial charge on any atom is 0.188 e. The summed E-state index contributed by atoms with van der Waals surface area (Å²) in [7, 11) is 0. The summed E-state index contributed by atoms with van der Waals surface area (Å²) in [5.74, 6) is -0.279. The van der Waals surface area contributed by atoms with E-state index in [0.29, 0.717) is 11.3 Å². The molecule has 1 heterocycles. The van der Waals surface area contributed by atoms with Gasteiger partial charge in [-0.3, -0.25) is 4.98 Å². The Balaban J connectivity index is 2.13. The number of amidine groups is 1. The lowest BCUT2D eigenvalue weighted by atomic mass is 10.2. The second kappa shape index (κ2) is 6.01. The Kier molecular flexibility index (Phi) is 4.14. The molecule has 104 valence electrons. The number of ether oxygens (including phenoxy) is 1. The van der Waals surface area contributed by atoms with E-state index < -0.39 is 0 Å². The first-order valence-electron chi connectivity index (χ1n) is 5.92. The van der Waals surface area contributed by atoms with Crippen molar-refractivity contribution in [2.75, 3.05) is 0 Å². The van der Waals surface area contributed by atoms with Crippen molar-refractivity contribution in [1.82, 2.24) is 4.98 Å². The fourth-order valence-electron chi connectivity index (χ4n) is 1.65. The number of halogens is 1. The Morgan fingerprint density at radius 3 is 3.00 bits per heavy atom. The molecule has 0 radical (unpaired) electrons. The Morgan fingerprint density at radius 1 is 1.45 bits per heavy atom. The lowest BCUT2D eigenvalue weighted by molar-refractivity contribution is 0.289. The summed E-state index contributed by atoms with van der Waals surface area (Å²) in [6.07, 6.45) is 1.51. The smallest absolute Gasteiger partial charge is 0.188 e. The lowest BCUT2D eigenvalue weighted by Crippen LogP contribution is -2.15. The van der Waals surface area contributed by atoms with Crippen molar-refractivity contribution in [1.29, 1.82) is 0 Å². The Labute approximate surface area is 115 Å². The molecular weight excluding hydrogens is 261 g/mol. The highest BCUT2D eigenvalue weighted by atomic mass is 19.1. The van der Waals surface area contributed by atoms with Gasteiger partial charge in [0.25, 0.3) is 0 Å². The van der Waals surface area contributed by atoms with Crippen molar-refractivity contribution in [3.8, 4) is 5.75 Å². The number of pyridine rings is 1. The molecule has 0 atom stereocenters. The van der Waals surface area contributed by atoms with Crippen LogP contribution in [0, 0.1) is 12.7 Å². The molecule has 2 rings (SSSR count). The van der Waals surface area contributed by atoms with Crippen molar-refractivity contribution < 1.29 is 14.3 Å². The SMILES string of the molecule is Cc1cccc(OCc2ccnc(/C(N)=N/O)c2)c1F. The molecule has 1 aromatic carbocycles. The second-order valence-electron chi connectivity index (χ2n) is 4.21. The number of benzene rings is 1. The molecule has 0 spiro atoms. The lowest BCUT2D eigenvalue weighted by Gasteiger charge is -2.09. The fourth-order valence-corrected chi connectivity index (χ4v) is 1.65. The first-order valence-corrected chi connectivity index (χ1v) is 5.92. The average Bonchev–Trinajstić information content (AvgIpc) is 2.48. The molecule has 3 N–H and O–H groups in total. The Hall–Kier alpha value is -2.63. The van der Waals surface area contributed by atoms with Gasteiger partial charge in [-0.25, -0.2) is 4.39 Å². The van der Waals surface area contributed by atoms with Crippen molar-refractivity contribution in [3.63, 3.8) is 0 Å². The van der Waals surface area contributed by atoms with E-state index in [1.54, 1.807) is 37.3 Å². The maximum absolute atomic E-state index is 13.8.